The highest BCUT2D eigenvalue weighted by molar-refractivity contribution is 5.73. The molecule has 19 heavy (non-hydrogen) atoms. The smallest absolute Gasteiger partial charge is 0.282 e. The van der Waals surface area contributed by atoms with E-state index in [0.29, 0.717) is 12.6 Å². The number of nitrogens with zero attached hydrogens (tertiary/aromatic N) is 1. The molecule has 0 aliphatic carbocycles. The van der Waals surface area contributed by atoms with Crippen molar-refractivity contribution in [3.05, 3.63) is 60.2 Å². The van der Waals surface area contributed by atoms with Gasteiger partial charge in [-0.1, -0.05) is 54.6 Å². The lowest BCUT2D eigenvalue weighted by Crippen LogP contribution is -2.11. The number of hydrogen-bond donors (Lipinski definition) is 1. The monoisotopic (exact) mass is 252 g/mol. The van der Waals surface area contributed by atoms with E-state index in [2.05, 4.69) is 53.5 Å². The molecule has 0 fully saturated rings. The highest BCUT2D eigenvalue weighted by atomic mass is 16.5. The van der Waals surface area contributed by atoms with E-state index < -0.39 is 0 Å². The van der Waals surface area contributed by atoms with E-state index in [-0.39, 0.29) is 6.04 Å². The zero-order valence-electron chi connectivity index (χ0n) is 10.6. The summed E-state index contributed by atoms with van der Waals surface area (Å²) in [5, 5.41) is 0. The second-order valence-corrected chi connectivity index (χ2v) is 4.70. The van der Waals surface area contributed by atoms with Crippen molar-refractivity contribution in [3.8, 4) is 11.1 Å². The molecule has 2 aromatic rings. The second kappa shape index (κ2) is 5.14. The Balaban J connectivity index is 1.73. The summed E-state index contributed by atoms with van der Waals surface area (Å²) >= 11 is 0. The Morgan fingerprint density at radius 2 is 1.68 bits per heavy atom. The molecule has 1 atom stereocenters. The van der Waals surface area contributed by atoms with E-state index in [9.17, 15) is 0 Å². The van der Waals surface area contributed by atoms with Crippen LogP contribution >= 0.6 is 0 Å². The quantitative estimate of drug-likeness (QED) is 0.912. The molecule has 2 N–H and O–H groups in total. The molecule has 0 spiro atoms. The molecule has 3 rings (SSSR count). The number of aliphatic imine (C=N–C) groups is 1. The van der Waals surface area contributed by atoms with Crippen molar-refractivity contribution in [3.63, 3.8) is 0 Å². The third-order valence-corrected chi connectivity index (χ3v) is 3.27. The highest BCUT2D eigenvalue weighted by Crippen LogP contribution is 2.20. The van der Waals surface area contributed by atoms with Crippen molar-refractivity contribution in [2.24, 2.45) is 10.7 Å². The molecule has 0 aromatic heterocycles. The average Bonchev–Trinajstić information content (AvgIpc) is 2.86. The molecule has 1 heterocycles. The minimum Gasteiger partial charge on any atom is -0.463 e. The van der Waals surface area contributed by atoms with Gasteiger partial charge in [-0.15, -0.1) is 0 Å². The fourth-order valence-corrected chi connectivity index (χ4v) is 2.28. The Labute approximate surface area is 112 Å². The summed E-state index contributed by atoms with van der Waals surface area (Å²) in [7, 11) is 0. The van der Waals surface area contributed by atoms with E-state index in [0.717, 1.165) is 6.42 Å². The first-order valence-corrected chi connectivity index (χ1v) is 6.42. The fraction of sp³-hybridized carbons (Fsp3) is 0.188. The summed E-state index contributed by atoms with van der Waals surface area (Å²) in [5.41, 5.74) is 9.23. The van der Waals surface area contributed by atoms with Crippen LogP contribution in [-0.4, -0.2) is 18.7 Å². The number of hydrogen-bond acceptors (Lipinski definition) is 3. The van der Waals surface area contributed by atoms with Crippen LogP contribution < -0.4 is 5.73 Å². The van der Waals surface area contributed by atoms with Crippen molar-refractivity contribution >= 4 is 6.02 Å². The average molecular weight is 252 g/mol. The van der Waals surface area contributed by atoms with Crippen molar-refractivity contribution in [1.82, 2.24) is 0 Å². The van der Waals surface area contributed by atoms with Crippen LogP contribution in [0.2, 0.25) is 0 Å². The molecule has 96 valence electrons. The Morgan fingerprint density at radius 3 is 2.32 bits per heavy atom. The molecule has 3 nitrogen and oxygen atoms in total. The topological polar surface area (TPSA) is 47.6 Å². The zero-order valence-corrected chi connectivity index (χ0v) is 10.6. The SMILES string of the molecule is NC1=N[C@@H](Cc2ccc(-c3ccccc3)cc2)CO1. The van der Waals surface area contributed by atoms with Crippen LogP contribution in [0, 0.1) is 0 Å². The van der Waals surface area contributed by atoms with Crippen molar-refractivity contribution in [2.45, 2.75) is 12.5 Å². The van der Waals surface area contributed by atoms with E-state index in [1.807, 2.05) is 6.07 Å². The third kappa shape index (κ3) is 2.76. The fourth-order valence-electron chi connectivity index (χ4n) is 2.28. The summed E-state index contributed by atoms with van der Waals surface area (Å²) in [5.74, 6) is 0. The third-order valence-electron chi connectivity index (χ3n) is 3.27. The number of ether oxygens (including phenoxy) is 1. The van der Waals surface area contributed by atoms with E-state index in [1.165, 1.54) is 16.7 Å². The highest BCUT2D eigenvalue weighted by Gasteiger charge is 2.16. The first-order chi connectivity index (χ1) is 9.31. The maximum absolute atomic E-state index is 5.51. The summed E-state index contributed by atoms with van der Waals surface area (Å²) < 4.78 is 5.16. The van der Waals surface area contributed by atoms with Gasteiger partial charge in [0.05, 0.1) is 6.04 Å². The van der Waals surface area contributed by atoms with E-state index in [1.54, 1.807) is 0 Å². The predicted molar refractivity (Wildman–Crippen MR) is 76.9 cm³/mol. The number of nitrogens with two attached hydrogens (primary N) is 1. The number of rotatable bonds is 3. The summed E-state index contributed by atoms with van der Waals surface area (Å²) in [4.78, 5) is 4.24. The van der Waals surface area contributed by atoms with Crippen LogP contribution in [0.3, 0.4) is 0 Å². The molecule has 1 aliphatic heterocycles. The number of amidine groups is 1. The molecule has 2 aromatic carbocycles. The minimum absolute atomic E-state index is 0.155. The zero-order chi connectivity index (χ0) is 13.1. The second-order valence-electron chi connectivity index (χ2n) is 4.70. The Hall–Kier alpha value is -2.29. The van der Waals surface area contributed by atoms with Gasteiger partial charge in [0.15, 0.2) is 0 Å². The van der Waals surface area contributed by atoms with Crippen molar-refractivity contribution < 1.29 is 4.74 Å². The molecule has 0 unspecified atom stereocenters. The van der Waals surface area contributed by atoms with Crippen LogP contribution in [0.1, 0.15) is 5.56 Å². The van der Waals surface area contributed by atoms with Gasteiger partial charge in [0.1, 0.15) is 6.61 Å². The maximum atomic E-state index is 5.51. The van der Waals surface area contributed by atoms with Gasteiger partial charge in [-0.2, -0.15) is 0 Å². The van der Waals surface area contributed by atoms with Crippen LogP contribution in [-0.2, 0) is 11.2 Å². The standard InChI is InChI=1S/C16H16N2O/c17-16-18-15(11-19-16)10-12-6-8-14(9-7-12)13-4-2-1-3-5-13/h1-9,15H,10-11H2,(H2,17,18)/t15-/m0/s1. The molecular formula is C16H16N2O. The van der Waals surface area contributed by atoms with Crippen molar-refractivity contribution in [1.29, 1.82) is 0 Å². The van der Waals surface area contributed by atoms with Gasteiger partial charge in [-0.3, -0.25) is 0 Å². The Bertz CT molecular complexity index is 575. The lowest BCUT2D eigenvalue weighted by atomic mass is 10.0. The molecule has 0 amide bonds. The van der Waals surface area contributed by atoms with Gasteiger partial charge in [0, 0.05) is 0 Å². The van der Waals surface area contributed by atoms with E-state index in [4.69, 9.17) is 10.5 Å². The Morgan fingerprint density at radius 1 is 1.00 bits per heavy atom. The summed E-state index contributed by atoms with van der Waals surface area (Å²) in [6.45, 7) is 0.590. The van der Waals surface area contributed by atoms with Gasteiger partial charge in [0.25, 0.3) is 6.02 Å². The van der Waals surface area contributed by atoms with Crippen LogP contribution in [0.25, 0.3) is 11.1 Å². The lowest BCUT2D eigenvalue weighted by molar-refractivity contribution is 0.312. The molecule has 0 bridgehead atoms. The van der Waals surface area contributed by atoms with Crippen LogP contribution in [0.4, 0.5) is 0 Å². The number of benzene rings is 2. The molecule has 0 saturated heterocycles. The molecule has 0 radical (unpaired) electrons. The minimum atomic E-state index is 0.155. The molecule has 1 aliphatic rings. The van der Waals surface area contributed by atoms with Gasteiger partial charge in [-0.05, 0) is 23.1 Å². The lowest BCUT2D eigenvalue weighted by Gasteiger charge is -2.07. The van der Waals surface area contributed by atoms with Gasteiger partial charge >= 0.3 is 0 Å². The largest absolute Gasteiger partial charge is 0.463 e. The normalized spacial score (nSPS) is 17.9. The first-order valence-electron chi connectivity index (χ1n) is 6.42. The van der Waals surface area contributed by atoms with E-state index >= 15 is 0 Å². The van der Waals surface area contributed by atoms with Gasteiger partial charge < -0.3 is 10.5 Å². The molecular weight excluding hydrogens is 236 g/mol. The van der Waals surface area contributed by atoms with Gasteiger partial charge in [-0.25, -0.2) is 4.99 Å². The summed E-state index contributed by atoms with van der Waals surface area (Å²) in [6, 6.07) is 19.4. The summed E-state index contributed by atoms with van der Waals surface area (Å²) in [6.07, 6.45) is 0.871. The van der Waals surface area contributed by atoms with Crippen molar-refractivity contribution in [2.75, 3.05) is 6.61 Å². The Kier molecular flexibility index (Phi) is 3.19. The van der Waals surface area contributed by atoms with Crippen LogP contribution in [0.5, 0.6) is 0 Å². The maximum Gasteiger partial charge on any atom is 0.282 e. The first kappa shape index (κ1) is 11.8. The molecule has 3 heteroatoms. The van der Waals surface area contributed by atoms with Crippen LogP contribution in [0.15, 0.2) is 59.6 Å². The molecule has 0 saturated carbocycles. The van der Waals surface area contributed by atoms with Gasteiger partial charge in [0.2, 0.25) is 0 Å². The predicted octanol–water partition coefficient (Wildman–Crippen LogP) is 2.61.